The second kappa shape index (κ2) is 5.66. The fourth-order valence-corrected chi connectivity index (χ4v) is 2.50. The first-order valence-electron chi connectivity index (χ1n) is 5.60. The molecule has 0 spiro atoms. The van der Waals surface area contributed by atoms with E-state index in [-0.39, 0.29) is 0 Å². The molecule has 2 unspecified atom stereocenters. The van der Waals surface area contributed by atoms with Gasteiger partial charge in [-0.15, -0.1) is 0 Å². The standard InChI is InChI=1S/C11H22N2S/c1-9-5-3-4-6-10(9)13(2)8-7-11(12)14/h9-10H,3-8H2,1-2H3,(H2,12,14). The van der Waals surface area contributed by atoms with Crippen LogP contribution in [0.1, 0.15) is 39.0 Å². The highest BCUT2D eigenvalue weighted by Gasteiger charge is 2.24. The van der Waals surface area contributed by atoms with E-state index in [2.05, 4.69) is 18.9 Å². The van der Waals surface area contributed by atoms with Crippen molar-refractivity contribution in [3.63, 3.8) is 0 Å². The third kappa shape index (κ3) is 3.54. The lowest BCUT2D eigenvalue weighted by Gasteiger charge is -2.36. The number of thiocarbonyl (C=S) groups is 1. The molecule has 0 amide bonds. The fraction of sp³-hybridized carbons (Fsp3) is 0.909. The van der Waals surface area contributed by atoms with E-state index in [1.807, 2.05) is 0 Å². The molecule has 0 aliphatic heterocycles. The predicted molar refractivity (Wildman–Crippen MR) is 65.5 cm³/mol. The predicted octanol–water partition coefficient (Wildman–Crippen LogP) is 2.17. The second-order valence-electron chi connectivity index (χ2n) is 4.53. The summed E-state index contributed by atoms with van der Waals surface area (Å²) in [5, 5.41) is 0. The number of hydrogen-bond acceptors (Lipinski definition) is 2. The van der Waals surface area contributed by atoms with Crippen molar-refractivity contribution in [3.8, 4) is 0 Å². The third-order valence-corrected chi connectivity index (χ3v) is 3.55. The van der Waals surface area contributed by atoms with Crippen LogP contribution in [0.3, 0.4) is 0 Å². The van der Waals surface area contributed by atoms with Gasteiger partial charge in [0, 0.05) is 19.0 Å². The first kappa shape index (κ1) is 11.9. The number of nitrogens with two attached hydrogens (primary N) is 1. The molecule has 1 aliphatic rings. The van der Waals surface area contributed by atoms with Crippen LogP contribution < -0.4 is 5.73 Å². The Hall–Kier alpha value is -0.150. The molecule has 82 valence electrons. The average molecular weight is 214 g/mol. The lowest BCUT2D eigenvalue weighted by atomic mass is 9.85. The van der Waals surface area contributed by atoms with Crippen LogP contribution in [-0.4, -0.2) is 29.5 Å². The number of hydrogen-bond donors (Lipinski definition) is 1. The van der Waals surface area contributed by atoms with Crippen molar-refractivity contribution in [3.05, 3.63) is 0 Å². The minimum Gasteiger partial charge on any atom is -0.393 e. The molecule has 14 heavy (non-hydrogen) atoms. The van der Waals surface area contributed by atoms with Gasteiger partial charge >= 0.3 is 0 Å². The van der Waals surface area contributed by atoms with Gasteiger partial charge in [-0.25, -0.2) is 0 Å². The Morgan fingerprint density at radius 3 is 2.64 bits per heavy atom. The summed E-state index contributed by atoms with van der Waals surface area (Å²) < 4.78 is 0. The summed E-state index contributed by atoms with van der Waals surface area (Å²) in [6.07, 6.45) is 6.36. The van der Waals surface area contributed by atoms with Crippen LogP contribution in [0.2, 0.25) is 0 Å². The summed E-state index contributed by atoms with van der Waals surface area (Å²) in [5.74, 6) is 0.833. The molecule has 1 rings (SSSR count). The van der Waals surface area contributed by atoms with Gasteiger partial charge in [-0.05, 0) is 25.8 Å². The summed E-state index contributed by atoms with van der Waals surface area (Å²) in [6.45, 7) is 3.38. The van der Waals surface area contributed by atoms with Crippen LogP contribution in [0.25, 0.3) is 0 Å². The molecular weight excluding hydrogens is 192 g/mol. The highest BCUT2D eigenvalue weighted by molar-refractivity contribution is 7.80. The zero-order valence-corrected chi connectivity index (χ0v) is 10.1. The topological polar surface area (TPSA) is 29.3 Å². The largest absolute Gasteiger partial charge is 0.393 e. The molecule has 1 aliphatic carbocycles. The average Bonchev–Trinajstić information content (AvgIpc) is 2.15. The Bertz CT molecular complexity index is 194. The Kier molecular flexibility index (Phi) is 4.82. The lowest BCUT2D eigenvalue weighted by molar-refractivity contribution is 0.143. The normalized spacial score (nSPS) is 27.9. The van der Waals surface area contributed by atoms with E-state index in [9.17, 15) is 0 Å². The Morgan fingerprint density at radius 2 is 2.07 bits per heavy atom. The minimum atomic E-state index is 0.639. The summed E-state index contributed by atoms with van der Waals surface area (Å²) >= 11 is 4.90. The number of rotatable bonds is 4. The van der Waals surface area contributed by atoms with Crippen LogP contribution in [0.5, 0.6) is 0 Å². The van der Waals surface area contributed by atoms with Crippen molar-refractivity contribution in [1.82, 2.24) is 4.90 Å². The quantitative estimate of drug-likeness (QED) is 0.727. The van der Waals surface area contributed by atoms with Gasteiger partial charge in [-0.1, -0.05) is 32.0 Å². The maximum Gasteiger partial charge on any atom is 0.0740 e. The molecular formula is C11H22N2S. The van der Waals surface area contributed by atoms with Gasteiger partial charge in [-0.3, -0.25) is 0 Å². The van der Waals surface area contributed by atoms with E-state index in [0.717, 1.165) is 24.9 Å². The first-order chi connectivity index (χ1) is 6.61. The van der Waals surface area contributed by atoms with Gasteiger partial charge in [0.15, 0.2) is 0 Å². The summed E-state index contributed by atoms with van der Waals surface area (Å²) in [6, 6.07) is 0.748. The molecule has 0 saturated heterocycles. The molecule has 1 saturated carbocycles. The molecule has 2 N–H and O–H groups in total. The van der Waals surface area contributed by atoms with Crippen molar-refractivity contribution in [1.29, 1.82) is 0 Å². The Balaban J connectivity index is 2.34. The van der Waals surface area contributed by atoms with Crippen LogP contribution in [0, 0.1) is 5.92 Å². The van der Waals surface area contributed by atoms with Crippen LogP contribution in [-0.2, 0) is 0 Å². The molecule has 0 radical (unpaired) electrons. The molecule has 0 aromatic rings. The zero-order chi connectivity index (χ0) is 10.6. The van der Waals surface area contributed by atoms with Gasteiger partial charge < -0.3 is 10.6 Å². The molecule has 1 fully saturated rings. The summed E-state index contributed by atoms with van der Waals surface area (Å²) in [7, 11) is 2.20. The van der Waals surface area contributed by atoms with Crippen molar-refractivity contribution in [2.24, 2.45) is 11.7 Å². The van der Waals surface area contributed by atoms with Gasteiger partial charge in [0.2, 0.25) is 0 Å². The molecule has 0 bridgehead atoms. The van der Waals surface area contributed by atoms with Gasteiger partial charge in [-0.2, -0.15) is 0 Å². The minimum absolute atomic E-state index is 0.639. The fourth-order valence-electron chi connectivity index (χ4n) is 2.40. The highest BCUT2D eigenvalue weighted by Crippen LogP contribution is 2.27. The maximum absolute atomic E-state index is 5.51. The highest BCUT2D eigenvalue weighted by atomic mass is 32.1. The van der Waals surface area contributed by atoms with E-state index in [1.54, 1.807) is 0 Å². The second-order valence-corrected chi connectivity index (χ2v) is 5.05. The smallest absolute Gasteiger partial charge is 0.0740 e. The van der Waals surface area contributed by atoms with E-state index >= 15 is 0 Å². The first-order valence-corrected chi connectivity index (χ1v) is 6.00. The molecule has 0 heterocycles. The molecule has 2 atom stereocenters. The van der Waals surface area contributed by atoms with Crippen molar-refractivity contribution in [2.45, 2.75) is 45.1 Å². The number of nitrogens with zero attached hydrogens (tertiary/aromatic N) is 1. The van der Waals surface area contributed by atoms with Gasteiger partial charge in [0.05, 0.1) is 4.99 Å². The van der Waals surface area contributed by atoms with E-state index in [1.165, 1.54) is 25.7 Å². The monoisotopic (exact) mass is 214 g/mol. The van der Waals surface area contributed by atoms with Crippen molar-refractivity contribution in [2.75, 3.05) is 13.6 Å². The van der Waals surface area contributed by atoms with E-state index < -0.39 is 0 Å². The van der Waals surface area contributed by atoms with Crippen LogP contribution in [0.4, 0.5) is 0 Å². The SMILES string of the molecule is CC1CCCCC1N(C)CCC(N)=S. The third-order valence-electron chi connectivity index (χ3n) is 3.34. The van der Waals surface area contributed by atoms with Gasteiger partial charge in [0.25, 0.3) is 0 Å². The van der Waals surface area contributed by atoms with Crippen LogP contribution in [0.15, 0.2) is 0 Å². The summed E-state index contributed by atoms with van der Waals surface area (Å²) in [5.41, 5.74) is 5.51. The molecule has 2 nitrogen and oxygen atoms in total. The van der Waals surface area contributed by atoms with E-state index in [0.29, 0.717) is 4.99 Å². The summed E-state index contributed by atoms with van der Waals surface area (Å²) in [4.78, 5) is 3.07. The lowest BCUT2D eigenvalue weighted by Crippen LogP contribution is -2.40. The molecule has 0 aromatic heterocycles. The van der Waals surface area contributed by atoms with Crippen LogP contribution >= 0.6 is 12.2 Å². The Labute approximate surface area is 92.8 Å². The van der Waals surface area contributed by atoms with E-state index in [4.69, 9.17) is 18.0 Å². The zero-order valence-electron chi connectivity index (χ0n) is 9.33. The molecule has 3 heteroatoms. The van der Waals surface area contributed by atoms with Crippen molar-refractivity contribution < 1.29 is 0 Å². The molecule has 0 aromatic carbocycles. The maximum atomic E-state index is 5.51. The Morgan fingerprint density at radius 1 is 1.43 bits per heavy atom. The van der Waals surface area contributed by atoms with Gasteiger partial charge in [0.1, 0.15) is 0 Å². The van der Waals surface area contributed by atoms with Crippen molar-refractivity contribution >= 4 is 17.2 Å².